The summed E-state index contributed by atoms with van der Waals surface area (Å²) >= 11 is 13.0. The van der Waals surface area contributed by atoms with E-state index in [2.05, 4.69) is 16.2 Å². The number of ether oxygens (including phenoxy) is 1. The Hall–Kier alpha value is -2.95. The van der Waals surface area contributed by atoms with Crippen LogP contribution in [0.4, 0.5) is 0 Å². The summed E-state index contributed by atoms with van der Waals surface area (Å²) in [6.07, 6.45) is 6.35. The van der Waals surface area contributed by atoms with Crippen LogP contribution in [-0.2, 0) is 16.9 Å². The highest BCUT2D eigenvalue weighted by Gasteiger charge is 2.37. The van der Waals surface area contributed by atoms with Crippen molar-refractivity contribution in [2.75, 3.05) is 0 Å². The number of aliphatic hydroxyl groups is 1. The van der Waals surface area contributed by atoms with Gasteiger partial charge in [0.05, 0.1) is 45.5 Å². The van der Waals surface area contributed by atoms with E-state index in [4.69, 9.17) is 32.5 Å². The van der Waals surface area contributed by atoms with E-state index < -0.39 is 5.60 Å². The number of pyridine rings is 1. The first kappa shape index (κ1) is 24.4. The number of halogens is 2. The largest absolute Gasteiger partial charge is 0.385 e. The minimum Gasteiger partial charge on any atom is -0.385 e. The van der Waals surface area contributed by atoms with Gasteiger partial charge in [-0.15, -0.1) is 0 Å². The van der Waals surface area contributed by atoms with E-state index in [1.807, 2.05) is 24.3 Å². The molecule has 2 heterocycles. The first-order chi connectivity index (χ1) is 18.0. The first-order valence-electron chi connectivity index (χ1n) is 12.5. The van der Waals surface area contributed by atoms with Crippen molar-refractivity contribution in [2.45, 2.75) is 62.8 Å². The van der Waals surface area contributed by atoms with Gasteiger partial charge in [0.2, 0.25) is 0 Å². The molecule has 2 aliphatic carbocycles. The predicted molar refractivity (Wildman–Crippen MR) is 141 cm³/mol. The molecule has 0 atom stereocenters. The molecule has 2 aromatic carbocycles. The van der Waals surface area contributed by atoms with Crippen LogP contribution in [0, 0.1) is 11.3 Å². The van der Waals surface area contributed by atoms with Crippen LogP contribution < -0.4 is 0 Å². The van der Waals surface area contributed by atoms with Gasteiger partial charge in [0.15, 0.2) is 0 Å². The van der Waals surface area contributed by atoms with Gasteiger partial charge in [-0.25, -0.2) is 0 Å². The van der Waals surface area contributed by atoms with Crippen molar-refractivity contribution in [3.63, 3.8) is 0 Å². The Balaban J connectivity index is 1.18. The number of rotatable bonds is 6. The maximum absolute atomic E-state index is 11.5. The van der Waals surface area contributed by atoms with Gasteiger partial charge in [0.25, 0.3) is 0 Å². The smallest absolute Gasteiger partial charge is 0.145 e. The minimum absolute atomic E-state index is 0.000526. The van der Waals surface area contributed by atoms with Crippen LogP contribution in [0.15, 0.2) is 53.2 Å². The van der Waals surface area contributed by atoms with E-state index in [1.54, 1.807) is 24.4 Å². The molecule has 0 saturated heterocycles. The highest BCUT2D eigenvalue weighted by molar-refractivity contribution is 6.39. The average molecular weight is 534 g/mol. The van der Waals surface area contributed by atoms with Crippen molar-refractivity contribution in [3.8, 4) is 17.3 Å². The lowest BCUT2D eigenvalue weighted by atomic mass is 9.78. The lowest BCUT2D eigenvalue weighted by Crippen LogP contribution is -2.34. The van der Waals surface area contributed by atoms with Gasteiger partial charge >= 0.3 is 0 Å². The molecular formula is C29H25Cl2N3O3. The van der Waals surface area contributed by atoms with Crippen LogP contribution >= 0.6 is 23.2 Å². The molecule has 6 nitrogen and oxygen atoms in total. The summed E-state index contributed by atoms with van der Waals surface area (Å²) in [5.74, 6) is 1.22. The van der Waals surface area contributed by atoms with Gasteiger partial charge in [-0.3, -0.25) is 4.98 Å². The molecule has 8 heteroatoms. The SMILES string of the molecule is N#Cc1ccnc2cc([C@]3(O)CC[C@@H](OCc4c(-c5c(Cl)cccc5Cl)noc4C4CC4)CC3)ccc12. The Labute approximate surface area is 224 Å². The highest BCUT2D eigenvalue weighted by Crippen LogP contribution is 2.46. The van der Waals surface area contributed by atoms with E-state index in [1.165, 1.54) is 0 Å². The van der Waals surface area contributed by atoms with Crippen molar-refractivity contribution in [2.24, 2.45) is 0 Å². The Bertz CT molecular complexity index is 1490. The van der Waals surface area contributed by atoms with Gasteiger partial charge in [0, 0.05) is 28.6 Å². The zero-order valence-corrected chi connectivity index (χ0v) is 21.6. The summed E-state index contributed by atoms with van der Waals surface area (Å²) in [6, 6.07) is 15.0. The number of aromatic nitrogens is 2. The van der Waals surface area contributed by atoms with Crippen molar-refractivity contribution in [1.29, 1.82) is 5.26 Å². The normalized spacial score (nSPS) is 21.7. The third-order valence-corrected chi connectivity index (χ3v) is 8.22. The standard InChI is InChI=1S/C29H25Cl2N3O3/c30-23-2-1-3-24(31)26(23)27-22(28(37-34-27)17-4-5-17)16-36-20-8-11-29(35,12-9-20)19-6-7-21-18(15-32)10-13-33-25(21)14-19/h1-3,6-7,10,13-14,17,20,35H,4-5,8-9,11-12,16H2/t20-,29+. The monoisotopic (exact) mass is 533 g/mol. The summed E-state index contributed by atoms with van der Waals surface area (Å²) in [6.45, 7) is 0.353. The van der Waals surface area contributed by atoms with Crippen LogP contribution in [-0.4, -0.2) is 21.4 Å². The molecule has 2 saturated carbocycles. The molecule has 37 heavy (non-hydrogen) atoms. The minimum atomic E-state index is -0.953. The first-order valence-corrected chi connectivity index (χ1v) is 13.3. The molecule has 0 amide bonds. The van der Waals surface area contributed by atoms with Crippen LogP contribution in [0.25, 0.3) is 22.2 Å². The highest BCUT2D eigenvalue weighted by atomic mass is 35.5. The van der Waals surface area contributed by atoms with E-state index >= 15 is 0 Å². The zero-order valence-electron chi connectivity index (χ0n) is 20.1. The number of nitrogens with zero attached hydrogens (tertiary/aromatic N) is 3. The van der Waals surface area contributed by atoms with E-state index in [9.17, 15) is 10.4 Å². The van der Waals surface area contributed by atoms with Crippen LogP contribution in [0.5, 0.6) is 0 Å². The van der Waals surface area contributed by atoms with E-state index in [-0.39, 0.29) is 6.10 Å². The molecule has 4 aromatic rings. The summed E-state index contributed by atoms with van der Waals surface area (Å²) in [5.41, 5.74) is 3.39. The van der Waals surface area contributed by atoms with E-state index in [0.717, 1.165) is 35.1 Å². The van der Waals surface area contributed by atoms with Crippen LogP contribution in [0.2, 0.25) is 10.0 Å². The molecular weight excluding hydrogens is 509 g/mol. The molecule has 6 rings (SSSR count). The van der Waals surface area contributed by atoms with Gasteiger partial charge in [-0.2, -0.15) is 5.26 Å². The topological polar surface area (TPSA) is 92.2 Å². The Kier molecular flexibility index (Phi) is 6.42. The Morgan fingerprint density at radius 2 is 1.84 bits per heavy atom. The molecule has 0 bridgehead atoms. The van der Waals surface area contributed by atoms with Crippen molar-refractivity contribution >= 4 is 34.1 Å². The van der Waals surface area contributed by atoms with Gasteiger partial charge < -0.3 is 14.4 Å². The van der Waals surface area contributed by atoms with Crippen molar-refractivity contribution < 1.29 is 14.4 Å². The second kappa shape index (κ2) is 9.74. The lowest BCUT2D eigenvalue weighted by Gasteiger charge is -2.36. The zero-order chi connectivity index (χ0) is 25.6. The summed E-state index contributed by atoms with van der Waals surface area (Å²) < 4.78 is 12.1. The molecule has 0 spiro atoms. The maximum Gasteiger partial charge on any atom is 0.145 e. The molecule has 1 N–H and O–H groups in total. The second-order valence-corrected chi connectivity index (χ2v) is 10.8. The molecule has 0 radical (unpaired) electrons. The number of hydrogen-bond acceptors (Lipinski definition) is 6. The fourth-order valence-corrected chi connectivity index (χ4v) is 5.89. The van der Waals surface area contributed by atoms with Crippen LogP contribution in [0.3, 0.4) is 0 Å². The Morgan fingerprint density at radius 1 is 1.08 bits per heavy atom. The quantitative estimate of drug-likeness (QED) is 0.279. The maximum atomic E-state index is 11.5. The third-order valence-electron chi connectivity index (χ3n) is 7.59. The number of hydrogen-bond donors (Lipinski definition) is 1. The van der Waals surface area contributed by atoms with Gasteiger partial charge in [-0.05, 0) is 68.4 Å². The fraction of sp³-hybridized carbons (Fsp3) is 0.345. The van der Waals surface area contributed by atoms with Crippen molar-refractivity contribution in [1.82, 2.24) is 10.1 Å². The van der Waals surface area contributed by atoms with Gasteiger partial charge in [0.1, 0.15) is 11.5 Å². The average Bonchev–Trinajstić information content (AvgIpc) is 3.68. The third kappa shape index (κ3) is 4.62. The molecule has 0 aliphatic heterocycles. The molecule has 2 aromatic heterocycles. The molecule has 0 unspecified atom stereocenters. The summed E-state index contributed by atoms with van der Waals surface area (Å²) in [5, 5.41) is 27.0. The summed E-state index contributed by atoms with van der Waals surface area (Å²) in [7, 11) is 0. The van der Waals surface area contributed by atoms with Gasteiger partial charge in [-0.1, -0.05) is 46.6 Å². The lowest BCUT2D eigenvalue weighted by molar-refractivity contribution is -0.0640. The van der Waals surface area contributed by atoms with Crippen molar-refractivity contribution in [3.05, 3.63) is 81.2 Å². The van der Waals surface area contributed by atoms with E-state index in [0.29, 0.717) is 70.6 Å². The number of benzene rings is 2. The second-order valence-electron chi connectivity index (χ2n) is 9.99. The number of fused-ring (bicyclic) bond motifs is 1. The summed E-state index contributed by atoms with van der Waals surface area (Å²) in [4.78, 5) is 4.40. The number of nitriles is 1. The van der Waals surface area contributed by atoms with Crippen LogP contribution in [0.1, 0.15) is 66.9 Å². The molecule has 2 aliphatic rings. The molecule has 2 fully saturated rings. The Morgan fingerprint density at radius 3 is 2.54 bits per heavy atom. The fourth-order valence-electron chi connectivity index (χ4n) is 5.31. The predicted octanol–water partition coefficient (Wildman–Crippen LogP) is 7.29. The molecule has 188 valence electrons.